The second kappa shape index (κ2) is 6.70. The summed E-state index contributed by atoms with van der Waals surface area (Å²) in [7, 11) is 0. The Bertz CT molecular complexity index is 421. The van der Waals surface area contributed by atoms with Crippen LogP contribution in [-0.2, 0) is 13.0 Å². The van der Waals surface area contributed by atoms with Crippen molar-refractivity contribution in [3.05, 3.63) is 17.5 Å². The van der Waals surface area contributed by atoms with E-state index in [-0.39, 0.29) is 5.91 Å². The van der Waals surface area contributed by atoms with Crippen molar-refractivity contribution in [1.29, 1.82) is 0 Å². The van der Waals surface area contributed by atoms with E-state index >= 15 is 0 Å². The third-order valence-electron chi connectivity index (χ3n) is 3.73. The normalized spacial score (nSPS) is 18.7. The van der Waals surface area contributed by atoms with Gasteiger partial charge in [0.05, 0.1) is 5.69 Å². The molecule has 0 bridgehead atoms. The molecule has 2 heterocycles. The van der Waals surface area contributed by atoms with Crippen LogP contribution in [0.4, 0.5) is 0 Å². The molecule has 5 heteroatoms. The van der Waals surface area contributed by atoms with Crippen LogP contribution in [0.5, 0.6) is 0 Å². The molecule has 1 aliphatic rings. The minimum atomic E-state index is 0.00000567. The quantitative estimate of drug-likeness (QED) is 0.811. The molecule has 1 aromatic heterocycles. The first kappa shape index (κ1) is 14.1. The van der Waals surface area contributed by atoms with Gasteiger partial charge in [0.1, 0.15) is 5.69 Å². The monoisotopic (exact) mass is 264 g/mol. The van der Waals surface area contributed by atoms with Gasteiger partial charge in [0.25, 0.3) is 5.91 Å². The summed E-state index contributed by atoms with van der Waals surface area (Å²) in [6.45, 7) is 7.74. The standard InChI is InChI=1S/C14H24N4O/c1-3-12-9-13(18(4-2)17-12)14(19)16-8-6-11-5-7-15-10-11/h9,11,15H,3-8,10H2,1-2H3,(H,16,19). The molecule has 106 valence electrons. The van der Waals surface area contributed by atoms with E-state index in [0.29, 0.717) is 11.6 Å². The molecule has 2 N–H and O–H groups in total. The Morgan fingerprint density at radius 3 is 3.05 bits per heavy atom. The Balaban J connectivity index is 1.86. The minimum absolute atomic E-state index is 0.00000567. The highest BCUT2D eigenvalue weighted by molar-refractivity contribution is 5.92. The van der Waals surface area contributed by atoms with Crippen LogP contribution in [0.1, 0.15) is 42.9 Å². The molecular weight excluding hydrogens is 240 g/mol. The summed E-state index contributed by atoms with van der Waals surface area (Å²) in [6, 6.07) is 1.90. The number of hydrogen-bond donors (Lipinski definition) is 2. The largest absolute Gasteiger partial charge is 0.351 e. The van der Waals surface area contributed by atoms with Crippen molar-refractivity contribution in [2.75, 3.05) is 19.6 Å². The van der Waals surface area contributed by atoms with Crippen molar-refractivity contribution in [1.82, 2.24) is 20.4 Å². The Labute approximate surface area is 114 Å². The molecular formula is C14H24N4O. The average Bonchev–Trinajstić information content (AvgIpc) is 3.07. The van der Waals surface area contributed by atoms with Crippen molar-refractivity contribution in [3.63, 3.8) is 0 Å². The molecule has 0 aromatic carbocycles. The van der Waals surface area contributed by atoms with E-state index in [2.05, 4.69) is 22.7 Å². The summed E-state index contributed by atoms with van der Waals surface area (Å²) in [5, 5.41) is 10.8. The molecule has 1 fully saturated rings. The summed E-state index contributed by atoms with van der Waals surface area (Å²) in [5.41, 5.74) is 1.66. The van der Waals surface area contributed by atoms with Gasteiger partial charge in [-0.1, -0.05) is 6.92 Å². The molecule has 0 radical (unpaired) electrons. The summed E-state index contributed by atoms with van der Waals surface area (Å²) in [4.78, 5) is 12.1. The highest BCUT2D eigenvalue weighted by Gasteiger charge is 2.16. The van der Waals surface area contributed by atoms with E-state index in [1.54, 1.807) is 4.68 Å². The van der Waals surface area contributed by atoms with E-state index in [1.165, 1.54) is 6.42 Å². The Morgan fingerprint density at radius 2 is 2.42 bits per heavy atom. The molecule has 1 aliphatic heterocycles. The van der Waals surface area contributed by atoms with Crippen LogP contribution >= 0.6 is 0 Å². The number of carbonyl (C=O) groups excluding carboxylic acids is 1. The first-order valence-electron chi connectivity index (χ1n) is 7.30. The molecule has 1 amide bonds. The molecule has 2 rings (SSSR count). The maximum atomic E-state index is 12.1. The molecule has 0 saturated carbocycles. The molecule has 5 nitrogen and oxygen atoms in total. The number of nitrogens with one attached hydrogen (secondary N) is 2. The third-order valence-corrected chi connectivity index (χ3v) is 3.73. The second-order valence-corrected chi connectivity index (χ2v) is 5.09. The van der Waals surface area contributed by atoms with E-state index < -0.39 is 0 Å². The number of amides is 1. The summed E-state index contributed by atoms with van der Waals surface area (Å²) in [6.07, 6.45) is 3.14. The fourth-order valence-electron chi connectivity index (χ4n) is 2.51. The lowest BCUT2D eigenvalue weighted by atomic mass is 10.1. The van der Waals surface area contributed by atoms with Gasteiger partial charge in [-0.25, -0.2) is 0 Å². The topological polar surface area (TPSA) is 59.0 Å². The first-order chi connectivity index (χ1) is 9.24. The van der Waals surface area contributed by atoms with Crippen molar-refractivity contribution in [3.8, 4) is 0 Å². The summed E-state index contributed by atoms with van der Waals surface area (Å²) >= 11 is 0. The van der Waals surface area contributed by atoms with Crippen LogP contribution in [0.3, 0.4) is 0 Å². The number of nitrogens with zero attached hydrogens (tertiary/aromatic N) is 2. The fourth-order valence-corrected chi connectivity index (χ4v) is 2.51. The zero-order chi connectivity index (χ0) is 13.7. The van der Waals surface area contributed by atoms with Gasteiger partial charge in [-0.05, 0) is 51.3 Å². The van der Waals surface area contributed by atoms with Gasteiger partial charge >= 0.3 is 0 Å². The van der Waals surface area contributed by atoms with E-state index in [9.17, 15) is 4.79 Å². The van der Waals surface area contributed by atoms with Gasteiger partial charge in [-0.2, -0.15) is 5.10 Å². The number of aromatic nitrogens is 2. The fraction of sp³-hybridized carbons (Fsp3) is 0.714. The molecule has 1 unspecified atom stereocenters. The van der Waals surface area contributed by atoms with Gasteiger partial charge in [0.2, 0.25) is 0 Å². The van der Waals surface area contributed by atoms with Crippen LogP contribution < -0.4 is 10.6 Å². The first-order valence-corrected chi connectivity index (χ1v) is 7.30. The van der Waals surface area contributed by atoms with Gasteiger partial charge in [-0.3, -0.25) is 9.48 Å². The van der Waals surface area contributed by atoms with E-state index in [4.69, 9.17) is 0 Å². The molecule has 1 aromatic rings. The summed E-state index contributed by atoms with van der Waals surface area (Å²) in [5.74, 6) is 0.711. The lowest BCUT2D eigenvalue weighted by Gasteiger charge is -2.09. The van der Waals surface area contributed by atoms with Crippen LogP contribution in [-0.4, -0.2) is 35.3 Å². The van der Waals surface area contributed by atoms with Crippen molar-refractivity contribution in [2.45, 2.75) is 39.7 Å². The van der Waals surface area contributed by atoms with E-state index in [0.717, 1.165) is 44.7 Å². The second-order valence-electron chi connectivity index (χ2n) is 5.09. The molecule has 19 heavy (non-hydrogen) atoms. The Hall–Kier alpha value is -1.36. The van der Waals surface area contributed by atoms with Crippen LogP contribution in [0, 0.1) is 5.92 Å². The van der Waals surface area contributed by atoms with Crippen molar-refractivity contribution in [2.24, 2.45) is 5.92 Å². The highest BCUT2D eigenvalue weighted by atomic mass is 16.2. The van der Waals surface area contributed by atoms with Crippen LogP contribution in [0.15, 0.2) is 6.07 Å². The van der Waals surface area contributed by atoms with E-state index in [1.807, 2.05) is 13.0 Å². The smallest absolute Gasteiger partial charge is 0.269 e. The highest BCUT2D eigenvalue weighted by Crippen LogP contribution is 2.11. The number of carbonyl (C=O) groups is 1. The van der Waals surface area contributed by atoms with Crippen LogP contribution in [0.25, 0.3) is 0 Å². The number of aryl methyl sites for hydroxylation is 2. The van der Waals surface area contributed by atoms with Gasteiger partial charge in [-0.15, -0.1) is 0 Å². The maximum Gasteiger partial charge on any atom is 0.269 e. The number of rotatable bonds is 6. The lowest BCUT2D eigenvalue weighted by molar-refractivity contribution is 0.0941. The molecule has 0 spiro atoms. The molecule has 1 atom stereocenters. The molecule has 1 saturated heterocycles. The Morgan fingerprint density at radius 1 is 1.58 bits per heavy atom. The van der Waals surface area contributed by atoms with Gasteiger partial charge < -0.3 is 10.6 Å². The zero-order valence-electron chi connectivity index (χ0n) is 11.9. The Kier molecular flexibility index (Phi) is 4.96. The maximum absolute atomic E-state index is 12.1. The third kappa shape index (κ3) is 3.56. The predicted octanol–water partition coefficient (Wildman–Crippen LogP) is 1.19. The summed E-state index contributed by atoms with van der Waals surface area (Å²) < 4.78 is 1.78. The lowest BCUT2D eigenvalue weighted by Crippen LogP contribution is -2.28. The van der Waals surface area contributed by atoms with Crippen molar-refractivity contribution >= 4 is 5.91 Å². The minimum Gasteiger partial charge on any atom is -0.351 e. The van der Waals surface area contributed by atoms with Crippen molar-refractivity contribution < 1.29 is 4.79 Å². The zero-order valence-corrected chi connectivity index (χ0v) is 11.9. The van der Waals surface area contributed by atoms with Crippen LogP contribution in [0.2, 0.25) is 0 Å². The molecule has 0 aliphatic carbocycles. The van der Waals surface area contributed by atoms with Gasteiger partial charge in [0, 0.05) is 13.1 Å². The predicted molar refractivity (Wildman–Crippen MR) is 75.2 cm³/mol. The van der Waals surface area contributed by atoms with Gasteiger partial charge in [0.15, 0.2) is 0 Å². The SMILES string of the molecule is CCc1cc(C(=O)NCCC2CCNC2)n(CC)n1. The average molecular weight is 264 g/mol. The number of hydrogen-bond acceptors (Lipinski definition) is 3.